The molecular formula is C11H21N2OPS. The topological polar surface area (TPSA) is 15.5 Å². The third kappa shape index (κ3) is 2.03. The SMILES string of the molecule is CC(C)N1C=C(C(C)(C)C)OP1(=S)N1CC1. The highest BCUT2D eigenvalue weighted by molar-refractivity contribution is 8.10. The van der Waals surface area contributed by atoms with Crippen LogP contribution in [0.25, 0.3) is 0 Å². The van der Waals surface area contributed by atoms with Crippen LogP contribution in [0.2, 0.25) is 0 Å². The number of hydrogen-bond acceptors (Lipinski definition) is 2. The first kappa shape index (κ1) is 12.4. The summed E-state index contributed by atoms with van der Waals surface area (Å²) >= 11 is 5.79. The van der Waals surface area contributed by atoms with Gasteiger partial charge in [0, 0.05) is 30.7 Å². The molecule has 0 aliphatic carbocycles. The van der Waals surface area contributed by atoms with E-state index >= 15 is 0 Å². The van der Waals surface area contributed by atoms with Crippen molar-refractivity contribution in [3.05, 3.63) is 12.0 Å². The molecule has 0 radical (unpaired) electrons. The highest BCUT2D eigenvalue weighted by atomic mass is 32.5. The zero-order chi connectivity index (χ0) is 12.1. The second-order valence-corrected chi connectivity index (χ2v) is 9.37. The van der Waals surface area contributed by atoms with Crippen LogP contribution in [0, 0.1) is 5.41 Å². The van der Waals surface area contributed by atoms with Crippen LogP contribution in [0.1, 0.15) is 34.6 Å². The van der Waals surface area contributed by atoms with Crippen LogP contribution in [0.4, 0.5) is 0 Å². The van der Waals surface area contributed by atoms with Crippen molar-refractivity contribution in [1.29, 1.82) is 0 Å². The fourth-order valence-electron chi connectivity index (χ4n) is 1.66. The van der Waals surface area contributed by atoms with E-state index in [2.05, 4.69) is 50.2 Å². The lowest BCUT2D eigenvalue weighted by molar-refractivity contribution is 0.312. The largest absolute Gasteiger partial charge is 0.439 e. The van der Waals surface area contributed by atoms with Crippen LogP contribution < -0.4 is 0 Å². The molecule has 0 amide bonds. The first-order valence-electron chi connectivity index (χ1n) is 5.81. The van der Waals surface area contributed by atoms with Gasteiger partial charge in [-0.2, -0.15) is 0 Å². The molecular weight excluding hydrogens is 239 g/mol. The summed E-state index contributed by atoms with van der Waals surface area (Å²) in [5.74, 6) is 1.04. The van der Waals surface area contributed by atoms with Gasteiger partial charge in [0.05, 0.1) is 0 Å². The standard InChI is InChI=1S/C11H21N2OPS/c1-9(2)13-8-10(11(3,4)5)14-15(13,16)12-6-7-12/h8-9H,6-7H2,1-5H3. The monoisotopic (exact) mass is 260 g/mol. The normalized spacial score (nSPS) is 30.6. The predicted octanol–water partition coefficient (Wildman–Crippen LogP) is 3.15. The minimum Gasteiger partial charge on any atom is -0.439 e. The molecule has 1 saturated heterocycles. The summed E-state index contributed by atoms with van der Waals surface area (Å²) < 4.78 is 10.7. The molecule has 1 fully saturated rings. The first-order valence-corrected chi connectivity index (χ1v) is 8.44. The molecule has 2 rings (SSSR count). The molecule has 1 atom stereocenters. The molecule has 16 heavy (non-hydrogen) atoms. The van der Waals surface area contributed by atoms with E-state index in [1.807, 2.05) is 0 Å². The molecule has 3 nitrogen and oxygen atoms in total. The number of nitrogens with zero attached hydrogens (tertiary/aromatic N) is 2. The number of allylic oxidation sites excluding steroid dienone is 1. The van der Waals surface area contributed by atoms with E-state index in [1.54, 1.807) is 0 Å². The van der Waals surface area contributed by atoms with E-state index in [0.29, 0.717) is 6.04 Å². The Kier molecular flexibility index (Phi) is 2.89. The fourth-order valence-corrected chi connectivity index (χ4v) is 5.61. The van der Waals surface area contributed by atoms with E-state index in [4.69, 9.17) is 16.3 Å². The lowest BCUT2D eigenvalue weighted by Gasteiger charge is -2.31. The fraction of sp³-hybridized carbons (Fsp3) is 0.818. The van der Waals surface area contributed by atoms with E-state index in [0.717, 1.165) is 18.8 Å². The van der Waals surface area contributed by atoms with Crippen LogP contribution in [-0.4, -0.2) is 28.5 Å². The summed E-state index contributed by atoms with van der Waals surface area (Å²) in [6.07, 6.45) is 2.14. The van der Waals surface area contributed by atoms with Gasteiger partial charge >= 0.3 is 0 Å². The maximum Gasteiger partial charge on any atom is 0.278 e. The second kappa shape index (κ2) is 3.72. The van der Waals surface area contributed by atoms with Crippen LogP contribution in [0.5, 0.6) is 0 Å². The Balaban J connectivity index is 2.30. The number of hydrogen-bond donors (Lipinski definition) is 0. The first-order chi connectivity index (χ1) is 7.25. The van der Waals surface area contributed by atoms with Gasteiger partial charge in [-0.05, 0) is 25.7 Å². The molecule has 0 N–H and O–H groups in total. The number of rotatable bonds is 2. The van der Waals surface area contributed by atoms with Crippen LogP contribution >= 0.6 is 6.57 Å². The Morgan fingerprint density at radius 3 is 2.31 bits per heavy atom. The molecule has 1 unspecified atom stereocenters. The molecule has 0 aromatic heterocycles. The molecule has 92 valence electrons. The van der Waals surface area contributed by atoms with Crippen molar-refractivity contribution in [3.8, 4) is 0 Å². The van der Waals surface area contributed by atoms with Gasteiger partial charge < -0.3 is 9.19 Å². The molecule has 5 heteroatoms. The zero-order valence-electron chi connectivity index (χ0n) is 10.7. The van der Waals surface area contributed by atoms with Crippen molar-refractivity contribution in [1.82, 2.24) is 9.34 Å². The van der Waals surface area contributed by atoms with Crippen LogP contribution in [-0.2, 0) is 16.3 Å². The van der Waals surface area contributed by atoms with Crippen molar-refractivity contribution < 1.29 is 4.52 Å². The molecule has 0 saturated carbocycles. The van der Waals surface area contributed by atoms with Gasteiger partial charge in [0.15, 0.2) is 0 Å². The third-order valence-corrected chi connectivity index (χ3v) is 7.00. The molecule has 2 aliphatic rings. The van der Waals surface area contributed by atoms with E-state index in [-0.39, 0.29) is 5.41 Å². The van der Waals surface area contributed by atoms with Crippen molar-refractivity contribution in [3.63, 3.8) is 0 Å². The minimum atomic E-state index is -1.94. The quantitative estimate of drug-likeness (QED) is 0.559. The summed E-state index contributed by atoms with van der Waals surface area (Å²) in [4.78, 5) is 0. The van der Waals surface area contributed by atoms with Gasteiger partial charge in [-0.15, -0.1) is 0 Å². The van der Waals surface area contributed by atoms with Gasteiger partial charge in [-0.25, -0.2) is 4.67 Å². The maximum atomic E-state index is 6.15. The van der Waals surface area contributed by atoms with Crippen molar-refractivity contribution in [2.45, 2.75) is 40.7 Å². The predicted molar refractivity (Wildman–Crippen MR) is 71.5 cm³/mol. The summed E-state index contributed by atoms with van der Waals surface area (Å²) in [5, 5.41) is 0. The maximum absolute atomic E-state index is 6.15. The lowest BCUT2D eigenvalue weighted by atomic mass is 9.94. The molecule has 0 bridgehead atoms. The molecule has 2 aliphatic heterocycles. The Hall–Kier alpha value is -0.0500. The Bertz CT molecular complexity index is 369. The van der Waals surface area contributed by atoms with E-state index < -0.39 is 6.57 Å². The van der Waals surface area contributed by atoms with Crippen molar-refractivity contribution in [2.24, 2.45) is 5.41 Å². The third-order valence-electron chi connectivity index (χ3n) is 2.81. The van der Waals surface area contributed by atoms with Crippen LogP contribution in [0.3, 0.4) is 0 Å². The summed E-state index contributed by atoms with van der Waals surface area (Å²) in [7, 11) is 0. The van der Waals surface area contributed by atoms with Gasteiger partial charge in [-0.1, -0.05) is 20.8 Å². The average Bonchev–Trinajstić information content (AvgIpc) is 2.88. The molecule has 2 heterocycles. The average molecular weight is 260 g/mol. The minimum absolute atomic E-state index is 0.0453. The van der Waals surface area contributed by atoms with Crippen molar-refractivity contribution in [2.75, 3.05) is 13.1 Å². The van der Waals surface area contributed by atoms with Crippen LogP contribution in [0.15, 0.2) is 12.0 Å². The summed E-state index contributed by atoms with van der Waals surface area (Å²) in [5.41, 5.74) is 0.0453. The Morgan fingerprint density at radius 2 is 1.94 bits per heavy atom. The van der Waals surface area contributed by atoms with E-state index in [9.17, 15) is 0 Å². The van der Waals surface area contributed by atoms with Crippen molar-refractivity contribution >= 4 is 18.4 Å². The molecule has 0 aromatic carbocycles. The second-order valence-electron chi connectivity index (χ2n) is 5.75. The van der Waals surface area contributed by atoms with Gasteiger partial charge in [-0.3, -0.25) is 0 Å². The summed E-state index contributed by atoms with van der Waals surface area (Å²) in [6.45, 7) is 11.1. The lowest BCUT2D eigenvalue weighted by Crippen LogP contribution is -2.22. The Labute approximate surface area is 104 Å². The Morgan fingerprint density at radius 1 is 1.38 bits per heavy atom. The van der Waals surface area contributed by atoms with Gasteiger partial charge in [0.25, 0.3) is 6.57 Å². The van der Waals surface area contributed by atoms with E-state index in [1.165, 1.54) is 0 Å². The highest BCUT2D eigenvalue weighted by Gasteiger charge is 2.47. The zero-order valence-corrected chi connectivity index (χ0v) is 12.4. The molecule has 0 aromatic rings. The molecule has 0 spiro atoms. The highest BCUT2D eigenvalue weighted by Crippen LogP contribution is 2.65. The van der Waals surface area contributed by atoms with Gasteiger partial charge in [0.2, 0.25) is 0 Å². The van der Waals surface area contributed by atoms with Gasteiger partial charge in [0.1, 0.15) is 5.76 Å². The summed E-state index contributed by atoms with van der Waals surface area (Å²) in [6, 6.07) is 0.409. The smallest absolute Gasteiger partial charge is 0.278 e.